The van der Waals surface area contributed by atoms with E-state index >= 15 is 0 Å². The van der Waals surface area contributed by atoms with Gasteiger partial charge < -0.3 is 19.1 Å². The Bertz CT molecular complexity index is 1090. The van der Waals surface area contributed by atoms with Crippen molar-refractivity contribution in [1.82, 2.24) is 0 Å². The summed E-state index contributed by atoms with van der Waals surface area (Å²) in [5.74, 6) is -1.67. The normalized spacial score (nSPS) is 12.9. The third-order valence-corrected chi connectivity index (χ3v) is 4.76. The van der Waals surface area contributed by atoms with Crippen LogP contribution in [0, 0.1) is 0 Å². The zero-order valence-corrected chi connectivity index (χ0v) is 18.0. The molecule has 0 fully saturated rings. The second-order valence-corrected chi connectivity index (χ2v) is 6.66. The Morgan fingerprint density at radius 2 is 1.38 bits per heavy atom. The summed E-state index contributed by atoms with van der Waals surface area (Å²) in [5.41, 5.74) is 3.10. The molecule has 3 rings (SSSR count). The minimum absolute atomic E-state index is 0.0517. The number of carbonyl (C=O) groups excluding carboxylic acids is 3. The van der Waals surface area contributed by atoms with Crippen LogP contribution < -0.4 is 4.90 Å². The van der Waals surface area contributed by atoms with Gasteiger partial charge in [-0.1, -0.05) is 30.3 Å². The van der Waals surface area contributed by atoms with Crippen LogP contribution in [0.3, 0.4) is 0 Å². The van der Waals surface area contributed by atoms with Gasteiger partial charge in [-0.05, 0) is 54.5 Å². The van der Waals surface area contributed by atoms with Gasteiger partial charge in [-0.3, -0.25) is 0 Å². The highest BCUT2D eigenvalue weighted by Crippen LogP contribution is 2.29. The molecule has 0 N–H and O–H groups in total. The maximum absolute atomic E-state index is 12.5. The van der Waals surface area contributed by atoms with Gasteiger partial charge >= 0.3 is 17.9 Å². The molecule has 2 aromatic carbocycles. The molecule has 32 heavy (non-hydrogen) atoms. The first kappa shape index (κ1) is 22.6. The number of benzene rings is 2. The van der Waals surface area contributed by atoms with Gasteiger partial charge in [-0.15, -0.1) is 0 Å². The molecule has 2 aromatic rings. The second-order valence-electron chi connectivity index (χ2n) is 6.66. The van der Waals surface area contributed by atoms with Crippen molar-refractivity contribution in [3.05, 3.63) is 89.8 Å². The van der Waals surface area contributed by atoms with Gasteiger partial charge in [-0.25, -0.2) is 14.4 Å². The highest BCUT2D eigenvalue weighted by atomic mass is 16.5. The van der Waals surface area contributed by atoms with Gasteiger partial charge in [0.2, 0.25) is 0 Å². The molecule has 1 aliphatic heterocycles. The van der Waals surface area contributed by atoms with E-state index in [9.17, 15) is 14.4 Å². The maximum Gasteiger partial charge on any atom is 0.355 e. The minimum atomic E-state index is -0.666. The highest BCUT2D eigenvalue weighted by molar-refractivity contribution is 6.05. The van der Waals surface area contributed by atoms with Crippen LogP contribution in [-0.2, 0) is 23.8 Å². The number of carbonyl (C=O) groups is 3. The Morgan fingerprint density at radius 3 is 1.94 bits per heavy atom. The second kappa shape index (κ2) is 10.3. The Labute approximate surface area is 186 Å². The fraction of sp³-hybridized carbons (Fsp3) is 0.160. The summed E-state index contributed by atoms with van der Waals surface area (Å²) in [6.07, 6.45) is 6.53. The van der Waals surface area contributed by atoms with E-state index in [4.69, 9.17) is 14.2 Å². The van der Waals surface area contributed by atoms with Crippen LogP contribution in [0.25, 0.3) is 11.1 Å². The molecular formula is C25H23NO6. The molecule has 7 nitrogen and oxygen atoms in total. The number of anilines is 1. The number of esters is 3. The summed E-state index contributed by atoms with van der Waals surface area (Å²) in [7, 11) is 2.51. The van der Waals surface area contributed by atoms with E-state index < -0.39 is 11.9 Å². The lowest BCUT2D eigenvalue weighted by atomic mass is 10.0. The van der Waals surface area contributed by atoms with E-state index in [0.717, 1.165) is 11.1 Å². The molecule has 0 aliphatic carbocycles. The SMILES string of the molecule is CCOC(=O)c1ccc(-c2ccc(N3C=CC=CC(C(=O)OC)=C3C(=O)OC)cc2)cc1. The van der Waals surface area contributed by atoms with Crippen LogP contribution in [0.2, 0.25) is 0 Å². The molecule has 0 amide bonds. The zero-order valence-electron chi connectivity index (χ0n) is 18.0. The van der Waals surface area contributed by atoms with Gasteiger partial charge in [0.05, 0.1) is 32.0 Å². The van der Waals surface area contributed by atoms with Crippen molar-refractivity contribution in [2.24, 2.45) is 0 Å². The van der Waals surface area contributed by atoms with Gasteiger partial charge in [0.25, 0.3) is 0 Å². The highest BCUT2D eigenvalue weighted by Gasteiger charge is 2.27. The Kier molecular flexibility index (Phi) is 7.23. The van der Waals surface area contributed by atoms with Crippen molar-refractivity contribution in [2.45, 2.75) is 6.92 Å². The summed E-state index contributed by atoms with van der Waals surface area (Å²) in [6, 6.07) is 14.5. The molecular weight excluding hydrogens is 410 g/mol. The number of ether oxygens (including phenoxy) is 3. The Morgan fingerprint density at radius 1 is 0.781 bits per heavy atom. The standard InChI is InChI=1S/C25H23NO6/c1-4-32-23(27)19-10-8-17(9-11-19)18-12-14-20(15-13-18)26-16-6-5-7-21(24(28)30-2)22(26)25(29)31-3/h5-16H,4H2,1-3H3. The quantitative estimate of drug-likeness (QED) is 0.503. The van der Waals surface area contributed by atoms with Crippen molar-refractivity contribution in [3.8, 4) is 11.1 Å². The minimum Gasteiger partial charge on any atom is -0.465 e. The van der Waals surface area contributed by atoms with E-state index in [1.807, 2.05) is 36.4 Å². The number of nitrogens with zero attached hydrogens (tertiary/aromatic N) is 1. The molecule has 0 atom stereocenters. The van der Waals surface area contributed by atoms with Crippen molar-refractivity contribution in [2.75, 3.05) is 25.7 Å². The molecule has 0 radical (unpaired) electrons. The van der Waals surface area contributed by atoms with E-state index in [0.29, 0.717) is 17.9 Å². The lowest BCUT2D eigenvalue weighted by Gasteiger charge is -2.23. The van der Waals surface area contributed by atoms with E-state index in [1.165, 1.54) is 20.3 Å². The molecule has 1 heterocycles. The summed E-state index contributed by atoms with van der Waals surface area (Å²) < 4.78 is 14.7. The van der Waals surface area contributed by atoms with Crippen LogP contribution in [0.15, 0.2) is 84.2 Å². The molecule has 0 unspecified atom stereocenters. The van der Waals surface area contributed by atoms with Crippen LogP contribution in [0.1, 0.15) is 17.3 Å². The molecule has 0 bridgehead atoms. The predicted octanol–water partition coefficient (Wildman–Crippen LogP) is 4.02. The molecule has 0 saturated carbocycles. The van der Waals surface area contributed by atoms with Crippen LogP contribution in [0.5, 0.6) is 0 Å². The maximum atomic E-state index is 12.5. The van der Waals surface area contributed by atoms with Crippen LogP contribution >= 0.6 is 0 Å². The first-order valence-corrected chi connectivity index (χ1v) is 9.92. The monoisotopic (exact) mass is 433 g/mol. The lowest BCUT2D eigenvalue weighted by molar-refractivity contribution is -0.139. The van der Waals surface area contributed by atoms with E-state index in [1.54, 1.807) is 42.3 Å². The zero-order chi connectivity index (χ0) is 23.1. The van der Waals surface area contributed by atoms with Crippen molar-refractivity contribution in [1.29, 1.82) is 0 Å². The lowest BCUT2D eigenvalue weighted by Crippen LogP contribution is -2.26. The molecule has 0 aromatic heterocycles. The number of hydrogen-bond donors (Lipinski definition) is 0. The molecule has 0 spiro atoms. The third kappa shape index (κ3) is 4.78. The smallest absolute Gasteiger partial charge is 0.355 e. The van der Waals surface area contributed by atoms with Gasteiger partial charge in [0.1, 0.15) is 5.70 Å². The van der Waals surface area contributed by atoms with Crippen molar-refractivity contribution < 1.29 is 28.6 Å². The fourth-order valence-corrected chi connectivity index (χ4v) is 3.19. The summed E-state index contributed by atoms with van der Waals surface area (Å²) in [5, 5.41) is 0. The molecule has 1 aliphatic rings. The number of rotatable bonds is 6. The molecule has 7 heteroatoms. The third-order valence-electron chi connectivity index (χ3n) is 4.76. The summed E-state index contributed by atoms with van der Waals surface area (Å²) >= 11 is 0. The topological polar surface area (TPSA) is 82.1 Å². The first-order chi connectivity index (χ1) is 15.5. The predicted molar refractivity (Wildman–Crippen MR) is 120 cm³/mol. The van der Waals surface area contributed by atoms with Gasteiger partial charge in [0, 0.05) is 11.9 Å². The Hall–Kier alpha value is -4.13. The number of allylic oxidation sites excluding steroid dienone is 2. The largest absolute Gasteiger partial charge is 0.465 e. The fourth-order valence-electron chi connectivity index (χ4n) is 3.19. The Balaban J connectivity index is 1.94. The van der Waals surface area contributed by atoms with E-state index in [-0.39, 0.29) is 17.2 Å². The first-order valence-electron chi connectivity index (χ1n) is 9.92. The summed E-state index contributed by atoms with van der Waals surface area (Å²) in [4.78, 5) is 38.2. The number of methoxy groups -OCH3 is 2. The van der Waals surface area contributed by atoms with E-state index in [2.05, 4.69) is 0 Å². The van der Waals surface area contributed by atoms with Crippen molar-refractivity contribution >= 4 is 23.6 Å². The van der Waals surface area contributed by atoms with Crippen LogP contribution in [0.4, 0.5) is 5.69 Å². The average molecular weight is 433 g/mol. The summed E-state index contributed by atoms with van der Waals surface area (Å²) in [6.45, 7) is 2.08. The number of hydrogen-bond acceptors (Lipinski definition) is 7. The molecule has 0 saturated heterocycles. The molecule has 164 valence electrons. The van der Waals surface area contributed by atoms with Crippen LogP contribution in [-0.4, -0.2) is 38.7 Å². The average Bonchev–Trinajstić information content (AvgIpc) is 3.06. The van der Waals surface area contributed by atoms with Gasteiger partial charge in [0.15, 0.2) is 0 Å². The van der Waals surface area contributed by atoms with Gasteiger partial charge in [-0.2, -0.15) is 0 Å². The van der Waals surface area contributed by atoms with Crippen molar-refractivity contribution in [3.63, 3.8) is 0 Å².